The fourth-order valence-electron chi connectivity index (χ4n) is 1.07. The van der Waals surface area contributed by atoms with Gasteiger partial charge in [0.25, 0.3) is 0 Å². The van der Waals surface area contributed by atoms with Gasteiger partial charge in [-0.15, -0.1) is 9.60 Å². The van der Waals surface area contributed by atoms with Crippen molar-refractivity contribution in [2.45, 2.75) is 0 Å². The van der Waals surface area contributed by atoms with Crippen LogP contribution in [0.15, 0.2) is 0 Å². The number of nitrogens with zero attached hydrogens (tertiary/aromatic N) is 3. The van der Waals surface area contributed by atoms with Crippen LogP contribution in [0.1, 0.15) is 0 Å². The molecule has 0 atom stereocenters. The summed E-state index contributed by atoms with van der Waals surface area (Å²) in [5.41, 5.74) is 0. The van der Waals surface area contributed by atoms with Gasteiger partial charge in [-0.2, -0.15) is 0 Å². The van der Waals surface area contributed by atoms with Crippen molar-refractivity contribution in [2.24, 2.45) is 0 Å². The number of halogens is 1. The predicted octanol–water partition coefficient (Wildman–Crippen LogP) is -0.0349. The lowest BCUT2D eigenvalue weighted by Crippen LogP contribution is -2.48. The molecule has 0 aliphatic carbocycles. The molecule has 60 valence electrons. The third-order valence-corrected chi connectivity index (χ3v) is 1.77. The molecule has 1 fully saturated rings. The van der Waals surface area contributed by atoms with Crippen molar-refractivity contribution in [3.63, 3.8) is 0 Å². The molecule has 0 N–H and O–H groups in total. The number of hydrazine groups is 1. The van der Waals surface area contributed by atoms with E-state index in [1.807, 2.05) is 19.1 Å². The van der Waals surface area contributed by atoms with Crippen molar-refractivity contribution in [1.82, 2.24) is 15.1 Å². The van der Waals surface area contributed by atoms with Crippen molar-refractivity contribution in [2.75, 3.05) is 40.3 Å². The first-order chi connectivity index (χ1) is 4.70. The number of hydrogen-bond acceptors (Lipinski definition) is 3. The molecule has 4 heteroatoms. The highest BCUT2D eigenvalue weighted by Crippen LogP contribution is 2.01. The topological polar surface area (TPSA) is 9.72 Å². The molecule has 3 nitrogen and oxygen atoms in total. The average Bonchev–Trinajstić information content (AvgIpc) is 1.88. The Morgan fingerprint density at radius 2 is 1.60 bits per heavy atom. The maximum atomic E-state index is 12.4. The van der Waals surface area contributed by atoms with Crippen molar-refractivity contribution < 1.29 is 4.48 Å². The zero-order chi connectivity index (χ0) is 7.56. The third kappa shape index (κ3) is 1.90. The van der Waals surface area contributed by atoms with Crippen LogP contribution in [-0.2, 0) is 0 Å². The van der Waals surface area contributed by atoms with E-state index in [-0.39, 0.29) is 0 Å². The predicted molar refractivity (Wildman–Crippen MR) is 37.9 cm³/mol. The summed E-state index contributed by atoms with van der Waals surface area (Å²) in [7, 11) is 3.96. The van der Waals surface area contributed by atoms with Crippen LogP contribution >= 0.6 is 0 Å². The van der Waals surface area contributed by atoms with Crippen molar-refractivity contribution in [3.05, 3.63) is 0 Å². The summed E-state index contributed by atoms with van der Waals surface area (Å²) in [6, 6.07) is 0. The molecular weight excluding hydrogens is 133 g/mol. The largest absolute Gasteiger partial charge is 0.248 e. The van der Waals surface area contributed by atoms with Crippen molar-refractivity contribution >= 4 is 0 Å². The highest BCUT2D eigenvalue weighted by atomic mass is 19.2. The van der Waals surface area contributed by atoms with E-state index in [1.165, 1.54) is 0 Å². The molecule has 1 rings (SSSR count). The Kier molecular flexibility index (Phi) is 2.59. The molecular formula is C6H14FN3. The second-order valence-corrected chi connectivity index (χ2v) is 2.71. The third-order valence-electron chi connectivity index (χ3n) is 1.77. The van der Waals surface area contributed by atoms with Gasteiger partial charge in [-0.25, -0.2) is 10.0 Å². The van der Waals surface area contributed by atoms with Gasteiger partial charge < -0.3 is 0 Å². The van der Waals surface area contributed by atoms with Crippen LogP contribution in [0.2, 0.25) is 0 Å². The van der Waals surface area contributed by atoms with E-state index < -0.39 is 0 Å². The Hall–Kier alpha value is -0.190. The average molecular weight is 147 g/mol. The first kappa shape index (κ1) is 7.91. The monoisotopic (exact) mass is 147 g/mol. The van der Waals surface area contributed by atoms with Crippen LogP contribution in [-0.4, -0.2) is 55.4 Å². The normalized spacial score (nSPS) is 24.0. The van der Waals surface area contributed by atoms with Gasteiger partial charge in [0.1, 0.15) is 0 Å². The SMILES string of the molecule is CN(C)N1CCN(F)CC1. The van der Waals surface area contributed by atoms with Crippen LogP contribution in [0, 0.1) is 0 Å². The number of hydrogen-bond donors (Lipinski definition) is 0. The van der Waals surface area contributed by atoms with Crippen LogP contribution in [0.25, 0.3) is 0 Å². The van der Waals surface area contributed by atoms with Gasteiger partial charge in [0.2, 0.25) is 0 Å². The van der Waals surface area contributed by atoms with E-state index in [0.29, 0.717) is 13.1 Å². The fourth-order valence-corrected chi connectivity index (χ4v) is 1.07. The van der Waals surface area contributed by atoms with Gasteiger partial charge in [0.15, 0.2) is 0 Å². The van der Waals surface area contributed by atoms with Gasteiger partial charge in [-0.1, -0.05) is 0 Å². The first-order valence-electron chi connectivity index (χ1n) is 3.53. The second kappa shape index (κ2) is 3.27. The Bertz CT molecular complexity index is 99.2. The molecule has 0 amide bonds. The molecule has 0 aromatic rings. The highest BCUT2D eigenvalue weighted by molar-refractivity contribution is 4.62. The van der Waals surface area contributed by atoms with E-state index in [4.69, 9.17) is 0 Å². The van der Waals surface area contributed by atoms with Crippen LogP contribution in [0.3, 0.4) is 0 Å². The molecule has 0 aromatic heterocycles. The van der Waals surface area contributed by atoms with Crippen LogP contribution < -0.4 is 0 Å². The van der Waals surface area contributed by atoms with Crippen molar-refractivity contribution in [3.8, 4) is 0 Å². The summed E-state index contributed by atoms with van der Waals surface area (Å²) < 4.78 is 12.4. The quantitative estimate of drug-likeness (QED) is 0.482. The molecule has 1 aliphatic heterocycles. The van der Waals surface area contributed by atoms with Gasteiger partial charge in [-0.3, -0.25) is 0 Å². The molecule has 1 heterocycles. The zero-order valence-electron chi connectivity index (χ0n) is 6.55. The van der Waals surface area contributed by atoms with Gasteiger partial charge in [0, 0.05) is 40.3 Å². The molecule has 1 saturated heterocycles. The summed E-state index contributed by atoms with van der Waals surface area (Å²) in [5.74, 6) is 0. The first-order valence-corrected chi connectivity index (χ1v) is 3.53. The summed E-state index contributed by atoms with van der Waals surface area (Å²) in [6.45, 7) is 2.64. The van der Waals surface area contributed by atoms with Gasteiger partial charge in [0.05, 0.1) is 0 Å². The lowest BCUT2D eigenvalue weighted by molar-refractivity contribution is -0.0811. The molecule has 0 bridgehead atoms. The van der Waals surface area contributed by atoms with Crippen molar-refractivity contribution in [1.29, 1.82) is 0 Å². The molecule has 0 aromatic carbocycles. The maximum absolute atomic E-state index is 12.4. The Morgan fingerprint density at radius 3 is 2.00 bits per heavy atom. The van der Waals surface area contributed by atoms with E-state index in [0.717, 1.165) is 18.2 Å². The Labute approximate surface area is 60.9 Å². The standard InChI is InChI=1S/C6H14FN3/c1-8(2)10-5-3-9(7)4-6-10/h3-6H2,1-2H3. The molecule has 0 spiro atoms. The summed E-state index contributed by atoms with van der Waals surface area (Å²) >= 11 is 0. The fraction of sp³-hybridized carbons (Fsp3) is 1.00. The maximum Gasteiger partial charge on any atom is 0.0432 e. The van der Waals surface area contributed by atoms with E-state index in [1.54, 1.807) is 0 Å². The lowest BCUT2D eigenvalue weighted by atomic mass is 10.4. The van der Waals surface area contributed by atoms with Gasteiger partial charge in [-0.05, 0) is 0 Å². The number of rotatable bonds is 1. The minimum Gasteiger partial charge on any atom is -0.248 e. The van der Waals surface area contributed by atoms with E-state index >= 15 is 0 Å². The summed E-state index contributed by atoms with van der Waals surface area (Å²) in [6.07, 6.45) is 0. The van der Waals surface area contributed by atoms with E-state index in [2.05, 4.69) is 5.01 Å². The molecule has 0 unspecified atom stereocenters. The van der Waals surface area contributed by atoms with Crippen LogP contribution in [0.5, 0.6) is 0 Å². The highest BCUT2D eigenvalue weighted by Gasteiger charge is 2.16. The second-order valence-electron chi connectivity index (χ2n) is 2.71. The minimum absolute atomic E-state index is 0.526. The molecule has 1 aliphatic rings. The molecule has 0 saturated carbocycles. The number of piperazine rings is 1. The molecule has 10 heavy (non-hydrogen) atoms. The summed E-state index contributed by atoms with van der Waals surface area (Å²) in [4.78, 5) is 0. The summed E-state index contributed by atoms with van der Waals surface area (Å²) in [5, 5.41) is 4.99. The Balaban J connectivity index is 2.26. The lowest BCUT2D eigenvalue weighted by Gasteiger charge is -2.34. The molecule has 0 radical (unpaired) electrons. The minimum atomic E-state index is 0.526. The van der Waals surface area contributed by atoms with E-state index in [9.17, 15) is 4.48 Å². The van der Waals surface area contributed by atoms with Gasteiger partial charge >= 0.3 is 0 Å². The van der Waals surface area contributed by atoms with Crippen LogP contribution in [0.4, 0.5) is 4.48 Å². The smallest absolute Gasteiger partial charge is 0.0432 e. The zero-order valence-corrected chi connectivity index (χ0v) is 6.55. The Morgan fingerprint density at radius 1 is 1.10 bits per heavy atom.